The lowest BCUT2D eigenvalue weighted by Crippen LogP contribution is -2.08. The van der Waals surface area contributed by atoms with E-state index in [2.05, 4.69) is 26.1 Å². The summed E-state index contributed by atoms with van der Waals surface area (Å²) in [6, 6.07) is 0. The summed E-state index contributed by atoms with van der Waals surface area (Å²) in [4.78, 5) is 0. The number of aliphatic hydroxyl groups excluding tert-OH is 1. The van der Waals surface area contributed by atoms with E-state index in [-0.39, 0.29) is 0 Å². The van der Waals surface area contributed by atoms with Crippen LogP contribution in [0.3, 0.4) is 0 Å². The SMILES string of the molecule is Cc1nn(C)c(Cl)c1C(O)c1c(Br)cnn1C. The van der Waals surface area contributed by atoms with Crippen molar-refractivity contribution in [1.29, 1.82) is 0 Å². The standard InChI is InChI=1S/C10H12BrClN4O/c1-5-7(10(12)16(3)14-5)9(17)8-6(11)4-13-15(8)2/h4,9,17H,1-3H3. The number of halogens is 2. The molecule has 17 heavy (non-hydrogen) atoms. The minimum Gasteiger partial charge on any atom is -0.382 e. The minimum absolute atomic E-state index is 0.433. The van der Waals surface area contributed by atoms with Crippen molar-refractivity contribution in [3.05, 3.63) is 32.8 Å². The van der Waals surface area contributed by atoms with Gasteiger partial charge in [0.15, 0.2) is 0 Å². The second-order valence-corrected chi connectivity index (χ2v) is 5.03. The summed E-state index contributed by atoms with van der Waals surface area (Å²) in [5.74, 6) is 0. The van der Waals surface area contributed by atoms with Crippen molar-refractivity contribution in [3.63, 3.8) is 0 Å². The van der Waals surface area contributed by atoms with Crippen LogP contribution in [0.4, 0.5) is 0 Å². The second kappa shape index (κ2) is 4.44. The molecule has 0 fully saturated rings. The number of aliphatic hydroxyl groups is 1. The van der Waals surface area contributed by atoms with E-state index in [1.807, 2.05) is 6.92 Å². The van der Waals surface area contributed by atoms with Gasteiger partial charge in [-0.05, 0) is 22.9 Å². The summed E-state index contributed by atoms with van der Waals surface area (Å²) in [5, 5.41) is 19.1. The van der Waals surface area contributed by atoms with Gasteiger partial charge in [-0.3, -0.25) is 9.36 Å². The normalized spacial score (nSPS) is 13.1. The highest BCUT2D eigenvalue weighted by Gasteiger charge is 2.25. The molecular formula is C10H12BrClN4O. The number of hydrogen-bond donors (Lipinski definition) is 1. The Balaban J connectivity index is 2.54. The lowest BCUT2D eigenvalue weighted by molar-refractivity contribution is 0.208. The maximum absolute atomic E-state index is 10.4. The molecule has 1 atom stereocenters. The lowest BCUT2D eigenvalue weighted by Gasteiger charge is -2.12. The Kier molecular flexibility index (Phi) is 3.29. The number of rotatable bonds is 2. The summed E-state index contributed by atoms with van der Waals surface area (Å²) in [5.41, 5.74) is 1.97. The topological polar surface area (TPSA) is 55.9 Å². The van der Waals surface area contributed by atoms with E-state index in [0.717, 1.165) is 4.47 Å². The van der Waals surface area contributed by atoms with Gasteiger partial charge in [0.2, 0.25) is 0 Å². The first kappa shape index (κ1) is 12.6. The Hall–Kier alpha value is -0.850. The highest BCUT2D eigenvalue weighted by Crippen LogP contribution is 2.33. The highest BCUT2D eigenvalue weighted by atomic mass is 79.9. The largest absolute Gasteiger partial charge is 0.382 e. The average Bonchev–Trinajstić information content (AvgIpc) is 2.69. The Morgan fingerprint density at radius 1 is 1.41 bits per heavy atom. The monoisotopic (exact) mass is 318 g/mol. The van der Waals surface area contributed by atoms with Crippen molar-refractivity contribution in [2.75, 3.05) is 0 Å². The molecule has 0 amide bonds. The van der Waals surface area contributed by atoms with E-state index < -0.39 is 6.10 Å². The van der Waals surface area contributed by atoms with Crippen molar-refractivity contribution < 1.29 is 5.11 Å². The molecule has 5 nitrogen and oxygen atoms in total. The zero-order valence-corrected chi connectivity index (χ0v) is 12.0. The summed E-state index contributed by atoms with van der Waals surface area (Å²) in [7, 11) is 3.51. The fraction of sp³-hybridized carbons (Fsp3) is 0.400. The van der Waals surface area contributed by atoms with E-state index >= 15 is 0 Å². The molecule has 0 aliphatic heterocycles. The van der Waals surface area contributed by atoms with Crippen LogP contribution in [0.1, 0.15) is 23.1 Å². The van der Waals surface area contributed by atoms with Crippen molar-refractivity contribution in [1.82, 2.24) is 19.6 Å². The maximum Gasteiger partial charge on any atom is 0.133 e. The van der Waals surface area contributed by atoms with Crippen molar-refractivity contribution in [3.8, 4) is 0 Å². The molecule has 0 bridgehead atoms. The van der Waals surface area contributed by atoms with Crippen LogP contribution in [0.15, 0.2) is 10.7 Å². The van der Waals surface area contributed by atoms with Crippen LogP contribution in [-0.4, -0.2) is 24.7 Å². The van der Waals surface area contributed by atoms with Gasteiger partial charge < -0.3 is 5.11 Å². The molecule has 1 unspecified atom stereocenters. The van der Waals surface area contributed by atoms with Crippen LogP contribution in [0, 0.1) is 6.92 Å². The summed E-state index contributed by atoms with van der Waals surface area (Å²) < 4.78 is 3.89. The molecule has 0 aliphatic rings. The number of nitrogens with zero attached hydrogens (tertiary/aromatic N) is 4. The predicted molar refractivity (Wildman–Crippen MR) is 67.9 cm³/mol. The molecule has 2 aromatic rings. The van der Waals surface area contributed by atoms with E-state index in [9.17, 15) is 5.11 Å². The molecule has 0 saturated heterocycles. The van der Waals surface area contributed by atoms with Gasteiger partial charge in [-0.25, -0.2) is 0 Å². The first-order chi connectivity index (χ1) is 7.93. The number of aryl methyl sites for hydroxylation is 3. The first-order valence-electron chi connectivity index (χ1n) is 4.98. The van der Waals surface area contributed by atoms with Gasteiger partial charge in [-0.1, -0.05) is 11.6 Å². The Labute approximate surface area is 112 Å². The molecule has 92 valence electrons. The fourth-order valence-corrected chi connectivity index (χ4v) is 2.66. The zero-order chi connectivity index (χ0) is 12.7. The van der Waals surface area contributed by atoms with Crippen LogP contribution in [0.5, 0.6) is 0 Å². The summed E-state index contributed by atoms with van der Waals surface area (Å²) in [6.45, 7) is 1.81. The summed E-state index contributed by atoms with van der Waals surface area (Å²) >= 11 is 9.48. The minimum atomic E-state index is -0.849. The van der Waals surface area contributed by atoms with Crippen LogP contribution in [0.2, 0.25) is 5.15 Å². The van der Waals surface area contributed by atoms with Gasteiger partial charge in [0.25, 0.3) is 0 Å². The van der Waals surface area contributed by atoms with Gasteiger partial charge in [0.1, 0.15) is 11.3 Å². The van der Waals surface area contributed by atoms with Gasteiger partial charge in [0.05, 0.1) is 22.1 Å². The Bertz CT molecular complexity index is 543. The van der Waals surface area contributed by atoms with Crippen LogP contribution >= 0.6 is 27.5 Å². The fourth-order valence-electron chi connectivity index (χ4n) is 1.82. The molecule has 0 saturated carbocycles. The van der Waals surface area contributed by atoms with Gasteiger partial charge >= 0.3 is 0 Å². The highest BCUT2D eigenvalue weighted by molar-refractivity contribution is 9.10. The smallest absolute Gasteiger partial charge is 0.133 e. The van der Waals surface area contributed by atoms with Gasteiger partial charge in [0, 0.05) is 19.7 Å². The van der Waals surface area contributed by atoms with Crippen molar-refractivity contribution in [2.45, 2.75) is 13.0 Å². The van der Waals surface area contributed by atoms with Crippen molar-refractivity contribution in [2.24, 2.45) is 14.1 Å². The molecular weight excluding hydrogens is 307 g/mol. The van der Waals surface area contributed by atoms with Crippen molar-refractivity contribution >= 4 is 27.5 Å². The summed E-state index contributed by atoms with van der Waals surface area (Å²) in [6.07, 6.45) is 0.788. The first-order valence-corrected chi connectivity index (χ1v) is 6.15. The lowest BCUT2D eigenvalue weighted by atomic mass is 10.1. The molecule has 2 aromatic heterocycles. The number of aromatic nitrogens is 4. The third-order valence-corrected chi connectivity index (χ3v) is 3.73. The number of hydrogen-bond acceptors (Lipinski definition) is 3. The molecule has 0 aliphatic carbocycles. The Morgan fingerprint density at radius 3 is 2.47 bits per heavy atom. The quantitative estimate of drug-likeness (QED) is 0.920. The second-order valence-electron chi connectivity index (χ2n) is 3.82. The van der Waals surface area contributed by atoms with Crippen LogP contribution in [-0.2, 0) is 14.1 Å². The molecule has 2 rings (SSSR count). The molecule has 0 spiro atoms. The molecule has 2 heterocycles. The van der Waals surface area contributed by atoms with E-state index in [1.54, 1.807) is 29.7 Å². The van der Waals surface area contributed by atoms with E-state index in [4.69, 9.17) is 11.6 Å². The van der Waals surface area contributed by atoms with Crippen LogP contribution in [0.25, 0.3) is 0 Å². The maximum atomic E-state index is 10.4. The average molecular weight is 320 g/mol. The molecule has 1 N–H and O–H groups in total. The Morgan fingerprint density at radius 2 is 2.06 bits per heavy atom. The van der Waals surface area contributed by atoms with Gasteiger partial charge in [-0.15, -0.1) is 0 Å². The molecule has 7 heteroatoms. The molecule has 0 aromatic carbocycles. The van der Waals surface area contributed by atoms with E-state index in [0.29, 0.717) is 22.1 Å². The third kappa shape index (κ3) is 2.00. The van der Waals surface area contributed by atoms with Crippen LogP contribution < -0.4 is 0 Å². The predicted octanol–water partition coefficient (Wildman–Crippen LogP) is 1.96. The van der Waals surface area contributed by atoms with E-state index in [1.165, 1.54) is 0 Å². The van der Waals surface area contributed by atoms with Gasteiger partial charge in [-0.2, -0.15) is 10.2 Å². The third-order valence-electron chi connectivity index (χ3n) is 2.67. The zero-order valence-electron chi connectivity index (χ0n) is 9.65. The molecule has 0 radical (unpaired) electrons.